The fourth-order valence-electron chi connectivity index (χ4n) is 1.63. The number of carbonyl (C=O) groups excluding carboxylic acids is 1. The van der Waals surface area contributed by atoms with Crippen molar-refractivity contribution in [1.29, 1.82) is 0 Å². The molecule has 1 saturated heterocycles. The van der Waals surface area contributed by atoms with Crippen LogP contribution in [0, 0.1) is 0 Å². The molecule has 1 unspecified atom stereocenters. The average Bonchev–Trinajstić information content (AvgIpc) is 2.25. The van der Waals surface area contributed by atoms with Crippen LogP contribution in [-0.2, 0) is 9.53 Å². The molecule has 0 aromatic rings. The molecule has 1 aliphatic rings. The molecule has 1 amide bonds. The first-order valence-corrected chi connectivity index (χ1v) is 4.98. The maximum atomic E-state index is 11.7. The Morgan fingerprint density at radius 3 is 3.14 bits per heavy atom. The summed E-state index contributed by atoms with van der Waals surface area (Å²) in [6, 6.07) is 0.146. The summed E-state index contributed by atoms with van der Waals surface area (Å²) in [7, 11) is 1.60. The highest BCUT2D eigenvalue weighted by atomic mass is 16.5. The zero-order valence-electron chi connectivity index (χ0n) is 8.66. The van der Waals surface area contributed by atoms with E-state index in [1.807, 2.05) is 4.90 Å². The Morgan fingerprint density at radius 2 is 2.50 bits per heavy atom. The van der Waals surface area contributed by atoms with Gasteiger partial charge < -0.3 is 20.7 Å². The van der Waals surface area contributed by atoms with Crippen molar-refractivity contribution in [1.82, 2.24) is 10.2 Å². The average molecular weight is 201 g/mol. The van der Waals surface area contributed by atoms with E-state index in [-0.39, 0.29) is 11.9 Å². The van der Waals surface area contributed by atoms with Crippen LogP contribution < -0.4 is 11.1 Å². The molecule has 1 rings (SSSR count). The number of amides is 1. The lowest BCUT2D eigenvalue weighted by Crippen LogP contribution is -2.56. The molecule has 5 nitrogen and oxygen atoms in total. The molecule has 82 valence electrons. The van der Waals surface area contributed by atoms with Crippen LogP contribution in [0.4, 0.5) is 0 Å². The molecule has 1 fully saturated rings. The summed E-state index contributed by atoms with van der Waals surface area (Å²) in [5.41, 5.74) is 5.59. The predicted molar refractivity (Wildman–Crippen MR) is 53.9 cm³/mol. The van der Waals surface area contributed by atoms with Gasteiger partial charge in [0.2, 0.25) is 5.91 Å². The van der Waals surface area contributed by atoms with Gasteiger partial charge in [-0.25, -0.2) is 0 Å². The number of hydrogen-bond donors (Lipinski definition) is 2. The summed E-state index contributed by atoms with van der Waals surface area (Å²) in [5.74, 6) is 0.142. The lowest BCUT2D eigenvalue weighted by atomic mass is 10.2. The number of carbonyl (C=O) groups is 1. The largest absolute Gasteiger partial charge is 0.384 e. The third-order valence-electron chi connectivity index (χ3n) is 2.46. The fourth-order valence-corrected chi connectivity index (χ4v) is 1.63. The number of nitrogens with one attached hydrogen (secondary N) is 1. The lowest BCUT2D eigenvalue weighted by molar-refractivity contribution is -0.135. The third kappa shape index (κ3) is 2.94. The summed E-state index contributed by atoms with van der Waals surface area (Å²) in [6.07, 6.45) is 0.451. The Balaban J connectivity index is 2.41. The van der Waals surface area contributed by atoms with Crippen molar-refractivity contribution in [3.63, 3.8) is 0 Å². The molecular formula is C9H19N3O2. The minimum absolute atomic E-state index is 0.142. The summed E-state index contributed by atoms with van der Waals surface area (Å²) in [6.45, 7) is 3.42. The fraction of sp³-hybridized carbons (Fsp3) is 0.889. The van der Waals surface area contributed by atoms with E-state index in [4.69, 9.17) is 10.5 Å². The van der Waals surface area contributed by atoms with Crippen LogP contribution in [0.5, 0.6) is 0 Å². The third-order valence-corrected chi connectivity index (χ3v) is 2.46. The quantitative estimate of drug-likeness (QED) is 0.598. The van der Waals surface area contributed by atoms with Crippen LogP contribution in [0.3, 0.4) is 0 Å². The monoisotopic (exact) mass is 201 g/mol. The first-order chi connectivity index (χ1) is 6.79. The van der Waals surface area contributed by atoms with E-state index < -0.39 is 0 Å². The van der Waals surface area contributed by atoms with Gasteiger partial charge in [-0.1, -0.05) is 0 Å². The zero-order valence-corrected chi connectivity index (χ0v) is 8.66. The smallest absolute Gasteiger partial charge is 0.225 e. The van der Waals surface area contributed by atoms with Crippen molar-refractivity contribution in [2.24, 2.45) is 5.73 Å². The number of piperazine rings is 1. The molecule has 0 aromatic heterocycles. The molecule has 0 radical (unpaired) electrons. The van der Waals surface area contributed by atoms with Crippen molar-refractivity contribution in [3.05, 3.63) is 0 Å². The summed E-state index contributed by atoms with van der Waals surface area (Å²) in [4.78, 5) is 13.5. The van der Waals surface area contributed by atoms with Gasteiger partial charge in [0.05, 0.1) is 19.1 Å². The van der Waals surface area contributed by atoms with Gasteiger partial charge in [-0.05, 0) is 0 Å². The summed E-state index contributed by atoms with van der Waals surface area (Å²) in [5, 5.41) is 3.22. The molecule has 1 aliphatic heterocycles. The predicted octanol–water partition coefficient (Wildman–Crippen LogP) is -1.22. The number of nitrogens with two attached hydrogens (primary N) is 1. The second-order valence-corrected chi connectivity index (χ2v) is 3.42. The van der Waals surface area contributed by atoms with Gasteiger partial charge in [-0.15, -0.1) is 0 Å². The number of nitrogens with zero attached hydrogens (tertiary/aromatic N) is 1. The normalized spacial score (nSPS) is 22.4. The lowest BCUT2D eigenvalue weighted by Gasteiger charge is -2.35. The highest BCUT2D eigenvalue weighted by Gasteiger charge is 2.24. The summed E-state index contributed by atoms with van der Waals surface area (Å²) < 4.78 is 4.88. The Labute approximate surface area is 84.6 Å². The van der Waals surface area contributed by atoms with Crippen molar-refractivity contribution >= 4 is 5.91 Å². The standard InChI is InChI=1S/C9H19N3O2/c1-14-5-2-9(13)12-4-3-11-7-8(12)6-10/h8,11H,2-7,10H2,1H3. The Morgan fingerprint density at radius 1 is 1.71 bits per heavy atom. The van der Waals surface area contributed by atoms with E-state index >= 15 is 0 Å². The second-order valence-electron chi connectivity index (χ2n) is 3.42. The number of hydrogen-bond acceptors (Lipinski definition) is 4. The molecule has 0 aromatic carbocycles. The minimum Gasteiger partial charge on any atom is -0.384 e. The van der Waals surface area contributed by atoms with Gasteiger partial charge >= 0.3 is 0 Å². The van der Waals surface area contributed by atoms with Crippen LogP contribution in [0.2, 0.25) is 0 Å². The molecule has 0 bridgehead atoms. The zero-order chi connectivity index (χ0) is 10.4. The highest BCUT2D eigenvalue weighted by molar-refractivity contribution is 5.76. The van der Waals surface area contributed by atoms with Crippen LogP contribution >= 0.6 is 0 Å². The molecule has 1 heterocycles. The molecule has 0 saturated carbocycles. The van der Waals surface area contributed by atoms with Gasteiger partial charge in [-0.2, -0.15) is 0 Å². The molecule has 1 atom stereocenters. The molecule has 14 heavy (non-hydrogen) atoms. The van der Waals surface area contributed by atoms with E-state index in [0.29, 0.717) is 19.6 Å². The van der Waals surface area contributed by atoms with E-state index in [9.17, 15) is 4.79 Å². The first kappa shape index (κ1) is 11.4. The number of rotatable bonds is 4. The van der Waals surface area contributed by atoms with Crippen molar-refractivity contribution in [2.75, 3.05) is 39.9 Å². The molecule has 0 spiro atoms. The van der Waals surface area contributed by atoms with E-state index in [0.717, 1.165) is 19.6 Å². The second kappa shape index (κ2) is 5.95. The van der Waals surface area contributed by atoms with Gasteiger partial charge in [0.25, 0.3) is 0 Å². The number of ether oxygens (including phenoxy) is 1. The van der Waals surface area contributed by atoms with Gasteiger partial charge in [0.15, 0.2) is 0 Å². The van der Waals surface area contributed by atoms with Crippen LogP contribution in [0.1, 0.15) is 6.42 Å². The minimum atomic E-state index is 0.142. The van der Waals surface area contributed by atoms with Gasteiger partial charge in [0.1, 0.15) is 0 Å². The summed E-state index contributed by atoms with van der Waals surface area (Å²) >= 11 is 0. The van der Waals surface area contributed by atoms with Gasteiger partial charge in [0, 0.05) is 33.3 Å². The number of methoxy groups -OCH3 is 1. The van der Waals surface area contributed by atoms with E-state index in [1.165, 1.54) is 0 Å². The Bertz CT molecular complexity index is 187. The Kier molecular flexibility index (Phi) is 4.86. The Hall–Kier alpha value is -0.650. The maximum Gasteiger partial charge on any atom is 0.225 e. The molecule has 0 aliphatic carbocycles. The van der Waals surface area contributed by atoms with Crippen molar-refractivity contribution < 1.29 is 9.53 Å². The topological polar surface area (TPSA) is 67.6 Å². The van der Waals surface area contributed by atoms with Crippen LogP contribution in [-0.4, -0.2) is 56.7 Å². The highest BCUT2D eigenvalue weighted by Crippen LogP contribution is 2.04. The van der Waals surface area contributed by atoms with E-state index in [2.05, 4.69) is 5.32 Å². The van der Waals surface area contributed by atoms with Crippen molar-refractivity contribution in [3.8, 4) is 0 Å². The van der Waals surface area contributed by atoms with Gasteiger partial charge in [-0.3, -0.25) is 4.79 Å². The molecule has 5 heteroatoms. The van der Waals surface area contributed by atoms with Crippen molar-refractivity contribution in [2.45, 2.75) is 12.5 Å². The maximum absolute atomic E-state index is 11.7. The molecular weight excluding hydrogens is 182 g/mol. The van der Waals surface area contributed by atoms with Crippen LogP contribution in [0.15, 0.2) is 0 Å². The van der Waals surface area contributed by atoms with Crippen LogP contribution in [0.25, 0.3) is 0 Å². The first-order valence-electron chi connectivity index (χ1n) is 4.98. The van der Waals surface area contributed by atoms with E-state index in [1.54, 1.807) is 7.11 Å². The molecule has 3 N–H and O–H groups in total. The SMILES string of the molecule is COCCC(=O)N1CCNCC1CN.